The summed E-state index contributed by atoms with van der Waals surface area (Å²) in [5.74, 6) is -0.817. The Balaban J connectivity index is 1.43. The standard InChI is InChI=1S/C21H26N2O5/c1-13-7-8-16-15(11-27-18(16)9-13)10-20(25)28-12-19(24)23-21(26)22-17-6-4-3-5-14(17)2/h7-9,11,14,17H,3-6,10,12H2,1-2H3,(H2,22,23,24,26)/t14-,17-/m1/s1. The highest BCUT2D eigenvalue weighted by atomic mass is 16.5. The van der Waals surface area contributed by atoms with Crippen molar-refractivity contribution in [1.82, 2.24) is 10.6 Å². The quantitative estimate of drug-likeness (QED) is 0.769. The van der Waals surface area contributed by atoms with Gasteiger partial charge in [0.25, 0.3) is 5.91 Å². The van der Waals surface area contributed by atoms with E-state index >= 15 is 0 Å². The highest BCUT2D eigenvalue weighted by Crippen LogP contribution is 2.24. The number of esters is 1. The average Bonchev–Trinajstić information content (AvgIpc) is 3.03. The molecule has 7 heteroatoms. The molecule has 1 aliphatic carbocycles. The molecule has 1 saturated carbocycles. The van der Waals surface area contributed by atoms with Crippen molar-refractivity contribution in [2.45, 2.75) is 52.0 Å². The Bertz CT molecular complexity index is 873. The van der Waals surface area contributed by atoms with Crippen molar-refractivity contribution in [1.29, 1.82) is 0 Å². The van der Waals surface area contributed by atoms with Crippen LogP contribution >= 0.6 is 0 Å². The van der Waals surface area contributed by atoms with Gasteiger partial charge in [0.2, 0.25) is 0 Å². The molecular weight excluding hydrogens is 360 g/mol. The number of carbonyl (C=O) groups is 3. The molecule has 150 valence electrons. The second kappa shape index (κ2) is 8.91. The van der Waals surface area contributed by atoms with Crippen molar-refractivity contribution in [2.24, 2.45) is 5.92 Å². The SMILES string of the molecule is Cc1ccc2c(CC(=O)OCC(=O)NC(=O)N[C@@H]3CCCC[C@H]3C)coc2c1. The number of fused-ring (bicyclic) bond motifs is 1. The van der Waals surface area contributed by atoms with Crippen molar-refractivity contribution < 1.29 is 23.5 Å². The summed E-state index contributed by atoms with van der Waals surface area (Å²) in [6.45, 7) is 3.55. The predicted molar refractivity (Wildman–Crippen MR) is 104 cm³/mol. The Hall–Kier alpha value is -2.83. The van der Waals surface area contributed by atoms with Gasteiger partial charge in [-0.3, -0.25) is 14.9 Å². The zero-order valence-electron chi connectivity index (χ0n) is 16.2. The van der Waals surface area contributed by atoms with E-state index in [0.717, 1.165) is 30.2 Å². The molecule has 3 amide bonds. The fraction of sp³-hybridized carbons (Fsp3) is 0.476. The maximum absolute atomic E-state index is 12.0. The minimum Gasteiger partial charge on any atom is -0.464 e. The van der Waals surface area contributed by atoms with Crippen LogP contribution in [0.5, 0.6) is 0 Å². The van der Waals surface area contributed by atoms with Crippen LogP contribution in [0, 0.1) is 12.8 Å². The molecule has 2 N–H and O–H groups in total. The van der Waals surface area contributed by atoms with Gasteiger partial charge in [0.1, 0.15) is 5.58 Å². The lowest BCUT2D eigenvalue weighted by molar-refractivity contribution is -0.147. The van der Waals surface area contributed by atoms with Gasteiger partial charge in [0, 0.05) is 17.0 Å². The van der Waals surface area contributed by atoms with E-state index < -0.39 is 24.5 Å². The number of nitrogens with one attached hydrogen (secondary N) is 2. The van der Waals surface area contributed by atoms with Crippen LogP contribution in [0.3, 0.4) is 0 Å². The van der Waals surface area contributed by atoms with E-state index in [1.54, 1.807) is 0 Å². The molecule has 0 bridgehead atoms. The van der Waals surface area contributed by atoms with Crippen molar-refractivity contribution in [3.63, 3.8) is 0 Å². The van der Waals surface area contributed by atoms with Gasteiger partial charge in [-0.25, -0.2) is 4.79 Å². The molecule has 3 rings (SSSR count). The molecule has 7 nitrogen and oxygen atoms in total. The van der Waals surface area contributed by atoms with Crippen LogP contribution in [-0.4, -0.2) is 30.6 Å². The third kappa shape index (κ3) is 5.12. The smallest absolute Gasteiger partial charge is 0.321 e. The Morgan fingerprint density at radius 1 is 1.21 bits per heavy atom. The molecule has 0 saturated heterocycles. The summed E-state index contributed by atoms with van der Waals surface area (Å²) in [6.07, 6.45) is 5.73. The molecule has 2 aromatic rings. The highest BCUT2D eigenvalue weighted by molar-refractivity contribution is 5.96. The van der Waals surface area contributed by atoms with Crippen LogP contribution in [0.1, 0.15) is 43.7 Å². The average molecular weight is 386 g/mol. The van der Waals surface area contributed by atoms with Gasteiger partial charge in [-0.1, -0.05) is 31.9 Å². The Morgan fingerprint density at radius 3 is 2.79 bits per heavy atom. The van der Waals surface area contributed by atoms with E-state index in [1.807, 2.05) is 25.1 Å². The molecule has 0 radical (unpaired) electrons. The van der Waals surface area contributed by atoms with Crippen LogP contribution < -0.4 is 10.6 Å². The summed E-state index contributed by atoms with van der Waals surface area (Å²) >= 11 is 0. The van der Waals surface area contributed by atoms with E-state index in [0.29, 0.717) is 17.1 Å². The van der Waals surface area contributed by atoms with Crippen LogP contribution in [-0.2, 0) is 20.7 Å². The molecule has 0 spiro atoms. The van der Waals surface area contributed by atoms with Crippen LogP contribution in [0.4, 0.5) is 4.79 Å². The first-order valence-corrected chi connectivity index (χ1v) is 9.65. The Morgan fingerprint density at radius 2 is 2.00 bits per heavy atom. The number of rotatable bonds is 5. The van der Waals surface area contributed by atoms with Crippen molar-refractivity contribution in [2.75, 3.05) is 6.61 Å². The number of hydrogen-bond donors (Lipinski definition) is 2. The van der Waals surface area contributed by atoms with Crippen LogP contribution in [0.2, 0.25) is 0 Å². The lowest BCUT2D eigenvalue weighted by Gasteiger charge is -2.29. The molecule has 2 atom stereocenters. The molecule has 28 heavy (non-hydrogen) atoms. The lowest BCUT2D eigenvalue weighted by atomic mass is 9.86. The molecule has 0 aliphatic heterocycles. The van der Waals surface area contributed by atoms with Gasteiger partial charge in [0.05, 0.1) is 12.7 Å². The van der Waals surface area contributed by atoms with Gasteiger partial charge in [0.15, 0.2) is 6.61 Å². The van der Waals surface area contributed by atoms with Gasteiger partial charge in [-0.05, 0) is 37.3 Å². The zero-order valence-corrected chi connectivity index (χ0v) is 16.2. The largest absolute Gasteiger partial charge is 0.464 e. The lowest BCUT2D eigenvalue weighted by Crippen LogP contribution is -2.48. The van der Waals surface area contributed by atoms with E-state index in [-0.39, 0.29) is 12.5 Å². The number of ether oxygens (including phenoxy) is 1. The summed E-state index contributed by atoms with van der Waals surface area (Å²) in [4.78, 5) is 35.8. The van der Waals surface area contributed by atoms with Crippen LogP contribution in [0.25, 0.3) is 11.0 Å². The molecular formula is C21H26N2O5. The summed E-state index contributed by atoms with van der Waals surface area (Å²) in [6, 6.07) is 5.24. The normalized spacial score (nSPS) is 19.2. The monoisotopic (exact) mass is 386 g/mol. The number of benzene rings is 1. The number of carbonyl (C=O) groups excluding carboxylic acids is 3. The third-order valence-corrected chi connectivity index (χ3v) is 5.19. The molecule has 1 aromatic heterocycles. The van der Waals surface area contributed by atoms with Gasteiger partial charge in [-0.2, -0.15) is 0 Å². The fourth-order valence-corrected chi connectivity index (χ4v) is 3.58. The van der Waals surface area contributed by atoms with E-state index in [9.17, 15) is 14.4 Å². The predicted octanol–water partition coefficient (Wildman–Crippen LogP) is 3.23. The van der Waals surface area contributed by atoms with Crippen molar-refractivity contribution in [3.05, 3.63) is 35.6 Å². The first-order chi connectivity index (χ1) is 13.4. The molecule has 1 aliphatic rings. The van der Waals surface area contributed by atoms with Gasteiger partial charge in [-0.15, -0.1) is 0 Å². The second-order valence-corrected chi connectivity index (χ2v) is 7.49. The summed E-state index contributed by atoms with van der Waals surface area (Å²) < 4.78 is 10.4. The molecule has 1 aromatic carbocycles. The van der Waals surface area contributed by atoms with Crippen LogP contribution in [0.15, 0.2) is 28.9 Å². The van der Waals surface area contributed by atoms with Gasteiger partial charge >= 0.3 is 12.0 Å². The number of aryl methyl sites for hydroxylation is 1. The number of furan rings is 1. The van der Waals surface area contributed by atoms with Gasteiger partial charge < -0.3 is 14.5 Å². The highest BCUT2D eigenvalue weighted by Gasteiger charge is 2.23. The second-order valence-electron chi connectivity index (χ2n) is 7.49. The summed E-state index contributed by atoms with van der Waals surface area (Å²) in [5, 5.41) is 5.88. The maximum Gasteiger partial charge on any atom is 0.321 e. The Labute approximate surface area is 163 Å². The minimum absolute atomic E-state index is 0.00484. The molecule has 1 heterocycles. The van der Waals surface area contributed by atoms with E-state index in [1.165, 1.54) is 12.7 Å². The number of amides is 3. The van der Waals surface area contributed by atoms with Crippen molar-refractivity contribution in [3.8, 4) is 0 Å². The van der Waals surface area contributed by atoms with E-state index in [4.69, 9.17) is 9.15 Å². The first kappa shape index (κ1) is 19.9. The molecule has 0 unspecified atom stereocenters. The number of urea groups is 1. The van der Waals surface area contributed by atoms with E-state index in [2.05, 4.69) is 17.6 Å². The third-order valence-electron chi connectivity index (χ3n) is 5.19. The minimum atomic E-state index is -0.651. The summed E-state index contributed by atoms with van der Waals surface area (Å²) in [5.41, 5.74) is 2.46. The first-order valence-electron chi connectivity index (χ1n) is 9.65. The number of hydrogen-bond acceptors (Lipinski definition) is 5. The maximum atomic E-state index is 12.0. The summed E-state index contributed by atoms with van der Waals surface area (Å²) in [7, 11) is 0. The van der Waals surface area contributed by atoms with Crippen molar-refractivity contribution >= 4 is 28.9 Å². The number of imide groups is 1. The fourth-order valence-electron chi connectivity index (χ4n) is 3.58. The Kier molecular flexibility index (Phi) is 6.34. The molecule has 1 fully saturated rings. The topological polar surface area (TPSA) is 97.6 Å². The zero-order chi connectivity index (χ0) is 20.1.